The fraction of sp³-hybridized carbons (Fsp3) is 0.250. The molecule has 12 heteroatoms. The number of nitriles is 1. The van der Waals surface area contributed by atoms with Gasteiger partial charge in [-0.15, -0.1) is 0 Å². The lowest BCUT2D eigenvalue weighted by atomic mass is 10.2. The number of hydrogen-bond acceptors (Lipinski definition) is 8. The van der Waals surface area contributed by atoms with Gasteiger partial charge in [-0.25, -0.2) is 19.0 Å². The lowest BCUT2D eigenvalue weighted by Gasteiger charge is -2.15. The topological polar surface area (TPSA) is 157 Å². The standard InChI is InChI=1S/C22H20FN9O.C2H4O/c1-12-6-14(8-24)30-32(12)22-15(21(25)33)3-5-20(29-22)31-11-27-17-7-13(2-4-19(17)31)28-18-10-26-9-16(18)23;1-2-3/h2-7,11,16,18,26,28H,9-10H2,1H3,(H2,25,33);2H,1H3. The minimum Gasteiger partial charge on any atom is -0.378 e. The number of imidazole rings is 1. The van der Waals surface area contributed by atoms with Crippen LogP contribution in [0.4, 0.5) is 10.1 Å². The number of hydrogen-bond donors (Lipinski definition) is 3. The zero-order chi connectivity index (χ0) is 25.8. The molecule has 4 heterocycles. The van der Waals surface area contributed by atoms with Crippen LogP contribution in [0.3, 0.4) is 0 Å². The lowest BCUT2D eigenvalue weighted by Crippen LogP contribution is -2.29. The first-order chi connectivity index (χ1) is 17.4. The van der Waals surface area contributed by atoms with Gasteiger partial charge in [0.2, 0.25) is 0 Å². The second-order valence-electron chi connectivity index (χ2n) is 8.08. The highest BCUT2D eigenvalue weighted by Gasteiger charge is 2.26. The fourth-order valence-electron chi connectivity index (χ4n) is 3.96. The SMILES string of the molecule is CC=O.Cc1cc(C#N)nn1-c1nc(-n2cnc3cc(NC4CNCC4F)ccc32)ccc1C(N)=O. The van der Waals surface area contributed by atoms with E-state index in [1.165, 1.54) is 11.6 Å². The molecule has 2 unspecified atom stereocenters. The number of rotatable bonds is 5. The quantitative estimate of drug-likeness (QED) is 0.358. The van der Waals surface area contributed by atoms with Crippen LogP contribution < -0.4 is 16.4 Å². The third kappa shape index (κ3) is 4.77. The molecule has 184 valence electrons. The summed E-state index contributed by atoms with van der Waals surface area (Å²) in [5, 5.41) is 19.6. The van der Waals surface area contributed by atoms with E-state index in [2.05, 4.69) is 25.7 Å². The van der Waals surface area contributed by atoms with Crippen molar-refractivity contribution in [3.63, 3.8) is 0 Å². The number of fused-ring (bicyclic) bond motifs is 1. The van der Waals surface area contributed by atoms with Gasteiger partial charge in [0.25, 0.3) is 5.91 Å². The molecule has 4 N–H and O–H groups in total. The van der Waals surface area contributed by atoms with Gasteiger partial charge in [0.1, 0.15) is 30.7 Å². The van der Waals surface area contributed by atoms with E-state index < -0.39 is 12.1 Å². The van der Waals surface area contributed by atoms with E-state index in [1.807, 2.05) is 24.3 Å². The summed E-state index contributed by atoms with van der Waals surface area (Å²) in [6.45, 7) is 4.11. The molecule has 2 atom stereocenters. The van der Waals surface area contributed by atoms with E-state index >= 15 is 0 Å². The number of carbonyl (C=O) groups is 2. The number of primary amides is 1. The first-order valence-corrected chi connectivity index (χ1v) is 11.1. The minimum atomic E-state index is -0.947. The molecule has 0 aliphatic carbocycles. The molecule has 0 bridgehead atoms. The number of alkyl halides is 1. The van der Waals surface area contributed by atoms with E-state index in [9.17, 15) is 14.4 Å². The summed E-state index contributed by atoms with van der Waals surface area (Å²) in [4.78, 5) is 29.9. The molecule has 0 spiro atoms. The normalized spacial score (nSPS) is 16.7. The molecule has 5 rings (SSSR count). The summed E-state index contributed by atoms with van der Waals surface area (Å²) in [6, 6.07) is 12.1. The van der Waals surface area contributed by atoms with Crippen LogP contribution in [0.1, 0.15) is 28.7 Å². The van der Waals surface area contributed by atoms with Crippen molar-refractivity contribution in [2.24, 2.45) is 5.73 Å². The Balaban J connectivity index is 0.000000967. The fourth-order valence-corrected chi connectivity index (χ4v) is 3.96. The number of aryl methyl sites for hydroxylation is 1. The summed E-state index contributed by atoms with van der Waals surface area (Å²) in [7, 11) is 0. The molecule has 0 saturated carbocycles. The van der Waals surface area contributed by atoms with Crippen LogP contribution >= 0.6 is 0 Å². The molecule has 1 amide bonds. The highest BCUT2D eigenvalue weighted by molar-refractivity contribution is 5.96. The number of pyridine rings is 1. The van der Waals surface area contributed by atoms with E-state index in [4.69, 9.17) is 10.5 Å². The smallest absolute Gasteiger partial charge is 0.252 e. The van der Waals surface area contributed by atoms with Gasteiger partial charge in [-0.2, -0.15) is 10.4 Å². The van der Waals surface area contributed by atoms with Crippen molar-refractivity contribution in [1.82, 2.24) is 29.6 Å². The van der Waals surface area contributed by atoms with E-state index in [0.29, 0.717) is 30.1 Å². The van der Waals surface area contributed by atoms with Crippen molar-refractivity contribution >= 4 is 28.9 Å². The molecular weight excluding hydrogens is 465 g/mol. The zero-order valence-electron chi connectivity index (χ0n) is 19.6. The van der Waals surface area contributed by atoms with Crippen LogP contribution in [0.5, 0.6) is 0 Å². The molecule has 1 aliphatic heterocycles. The minimum absolute atomic E-state index is 0.177. The van der Waals surface area contributed by atoms with Gasteiger partial charge < -0.3 is 21.2 Å². The van der Waals surface area contributed by atoms with Crippen LogP contribution in [0, 0.1) is 18.3 Å². The Hall–Kier alpha value is -4.63. The summed E-state index contributed by atoms with van der Waals surface area (Å²) in [6.07, 6.45) is 1.42. The lowest BCUT2D eigenvalue weighted by molar-refractivity contribution is -0.106. The molecule has 1 aliphatic rings. The van der Waals surface area contributed by atoms with E-state index in [-0.39, 0.29) is 23.1 Å². The second-order valence-corrected chi connectivity index (χ2v) is 8.08. The van der Waals surface area contributed by atoms with E-state index in [0.717, 1.165) is 17.5 Å². The molecule has 4 aromatic rings. The molecule has 3 aromatic heterocycles. The molecule has 11 nitrogen and oxygen atoms in total. The van der Waals surface area contributed by atoms with Crippen molar-refractivity contribution in [3.8, 4) is 17.7 Å². The van der Waals surface area contributed by atoms with Crippen molar-refractivity contribution in [2.75, 3.05) is 18.4 Å². The van der Waals surface area contributed by atoms with Crippen molar-refractivity contribution in [1.29, 1.82) is 5.26 Å². The molecule has 1 aromatic carbocycles. The molecule has 36 heavy (non-hydrogen) atoms. The van der Waals surface area contributed by atoms with E-state index in [1.54, 1.807) is 36.0 Å². The third-order valence-electron chi connectivity index (χ3n) is 5.61. The molecule has 1 fully saturated rings. The Labute approximate surface area is 205 Å². The van der Waals surface area contributed by atoms with Gasteiger partial charge in [0.05, 0.1) is 22.6 Å². The Kier molecular flexibility index (Phi) is 7.03. The summed E-state index contributed by atoms with van der Waals surface area (Å²) in [5.41, 5.74) is 8.83. The number of amides is 1. The molecule has 1 saturated heterocycles. The summed E-state index contributed by atoms with van der Waals surface area (Å²) >= 11 is 0. The van der Waals surface area contributed by atoms with Gasteiger partial charge in [0, 0.05) is 24.5 Å². The predicted molar refractivity (Wildman–Crippen MR) is 131 cm³/mol. The van der Waals surface area contributed by atoms with Crippen LogP contribution in [0.2, 0.25) is 0 Å². The zero-order valence-corrected chi connectivity index (χ0v) is 19.6. The first-order valence-electron chi connectivity index (χ1n) is 11.1. The van der Waals surface area contributed by atoms with Gasteiger partial charge in [0.15, 0.2) is 11.5 Å². The van der Waals surface area contributed by atoms with Crippen LogP contribution in [-0.2, 0) is 4.79 Å². The average Bonchev–Trinajstić information content (AvgIpc) is 3.57. The Morgan fingerprint density at radius 2 is 2.08 bits per heavy atom. The predicted octanol–water partition coefficient (Wildman–Crippen LogP) is 1.81. The third-order valence-corrected chi connectivity index (χ3v) is 5.61. The van der Waals surface area contributed by atoms with Crippen molar-refractivity contribution in [3.05, 3.63) is 59.7 Å². The van der Waals surface area contributed by atoms with Gasteiger partial charge in [-0.1, -0.05) is 0 Å². The maximum Gasteiger partial charge on any atom is 0.252 e. The van der Waals surface area contributed by atoms with Crippen LogP contribution in [0.15, 0.2) is 42.7 Å². The number of aromatic nitrogens is 5. The highest BCUT2D eigenvalue weighted by atomic mass is 19.1. The Bertz CT molecular complexity index is 1470. The monoisotopic (exact) mass is 489 g/mol. The number of benzene rings is 1. The Morgan fingerprint density at radius 3 is 2.72 bits per heavy atom. The largest absolute Gasteiger partial charge is 0.378 e. The maximum atomic E-state index is 13.9. The second kappa shape index (κ2) is 10.3. The van der Waals surface area contributed by atoms with Gasteiger partial charge in [-0.3, -0.25) is 9.36 Å². The number of nitrogens with zero attached hydrogens (tertiary/aromatic N) is 6. The van der Waals surface area contributed by atoms with Gasteiger partial charge >= 0.3 is 0 Å². The number of halogens is 1. The highest BCUT2D eigenvalue weighted by Crippen LogP contribution is 2.24. The summed E-state index contributed by atoms with van der Waals surface area (Å²) in [5.74, 6) is 0.0634. The Morgan fingerprint density at radius 1 is 1.31 bits per heavy atom. The summed E-state index contributed by atoms with van der Waals surface area (Å²) < 4.78 is 17.1. The van der Waals surface area contributed by atoms with Gasteiger partial charge in [-0.05, 0) is 50.2 Å². The van der Waals surface area contributed by atoms with Crippen molar-refractivity contribution in [2.45, 2.75) is 26.1 Å². The number of carbonyl (C=O) groups excluding carboxylic acids is 2. The van der Waals surface area contributed by atoms with Crippen LogP contribution in [0.25, 0.3) is 22.7 Å². The molecule has 0 radical (unpaired) electrons. The number of anilines is 1. The average molecular weight is 490 g/mol. The van der Waals surface area contributed by atoms with Crippen LogP contribution in [-0.4, -0.2) is 61.8 Å². The maximum absolute atomic E-state index is 13.9. The van der Waals surface area contributed by atoms with Crippen molar-refractivity contribution < 1.29 is 14.0 Å². The number of nitrogens with one attached hydrogen (secondary N) is 2. The number of aldehydes is 1. The molecular formula is C24H24FN9O2. The number of nitrogens with two attached hydrogens (primary N) is 1. The first kappa shape index (κ1) is 24.5.